The molecule has 2 aliphatic rings. The molecular formula is C9H12OS. The van der Waals surface area contributed by atoms with Gasteiger partial charge >= 0.3 is 0 Å². The van der Waals surface area contributed by atoms with E-state index in [1.807, 2.05) is 0 Å². The Bertz CT molecular complexity index is 232. The fraction of sp³-hybridized carbons (Fsp3) is 0.667. The van der Waals surface area contributed by atoms with E-state index in [4.69, 9.17) is 0 Å². The molecule has 0 spiro atoms. The van der Waals surface area contributed by atoms with E-state index in [2.05, 4.69) is 18.7 Å². The van der Waals surface area contributed by atoms with E-state index in [1.165, 1.54) is 5.57 Å². The summed E-state index contributed by atoms with van der Waals surface area (Å²) in [7, 11) is 0. The first-order chi connectivity index (χ1) is 5.27. The molecule has 1 saturated carbocycles. The van der Waals surface area contributed by atoms with Crippen LogP contribution >= 0.6 is 12.6 Å². The third-order valence-corrected chi connectivity index (χ3v) is 3.29. The van der Waals surface area contributed by atoms with Crippen molar-refractivity contribution in [1.82, 2.24) is 0 Å². The molecule has 0 aromatic carbocycles. The van der Waals surface area contributed by atoms with Crippen LogP contribution in [-0.2, 0) is 4.79 Å². The molecule has 2 bridgehead atoms. The van der Waals surface area contributed by atoms with Crippen LogP contribution in [-0.4, -0.2) is 11.5 Å². The van der Waals surface area contributed by atoms with Crippen molar-refractivity contribution in [2.45, 2.75) is 25.7 Å². The number of fused-ring (bicyclic) bond motifs is 2. The Morgan fingerprint density at radius 1 is 1.73 bits per heavy atom. The van der Waals surface area contributed by atoms with Crippen LogP contribution in [0.2, 0.25) is 0 Å². The highest BCUT2D eigenvalue weighted by Crippen LogP contribution is 2.50. The predicted molar refractivity (Wildman–Crippen MR) is 47.8 cm³/mol. The Labute approximate surface area is 72.3 Å². The summed E-state index contributed by atoms with van der Waals surface area (Å²) < 4.78 is 0. The Morgan fingerprint density at radius 3 is 2.91 bits per heavy atom. The summed E-state index contributed by atoms with van der Waals surface area (Å²) in [6.45, 7) is 0. The molecule has 0 N–H and O–H groups in total. The number of ketones is 1. The maximum Gasteiger partial charge on any atom is 0.149 e. The Morgan fingerprint density at radius 2 is 2.55 bits per heavy atom. The molecule has 0 aromatic heterocycles. The lowest BCUT2D eigenvalue weighted by atomic mass is 9.81. The zero-order valence-electron chi connectivity index (χ0n) is 6.47. The second-order valence-corrected chi connectivity index (χ2v) is 3.92. The van der Waals surface area contributed by atoms with Crippen molar-refractivity contribution in [1.29, 1.82) is 0 Å². The maximum absolute atomic E-state index is 11.5. The normalized spacial score (nSPS) is 34.1. The van der Waals surface area contributed by atoms with Gasteiger partial charge in [-0.1, -0.05) is 11.6 Å². The molecule has 0 aliphatic heterocycles. The molecule has 1 fully saturated rings. The minimum atomic E-state index is 0.0110. The lowest BCUT2D eigenvalue weighted by molar-refractivity contribution is -0.125. The van der Waals surface area contributed by atoms with Crippen LogP contribution in [0.25, 0.3) is 0 Å². The smallest absolute Gasteiger partial charge is 0.149 e. The number of hydrogen-bond donors (Lipinski definition) is 1. The second kappa shape index (κ2) is 2.37. The summed E-state index contributed by atoms with van der Waals surface area (Å²) >= 11 is 4.04. The van der Waals surface area contributed by atoms with Gasteiger partial charge in [0.25, 0.3) is 0 Å². The van der Waals surface area contributed by atoms with Crippen molar-refractivity contribution < 1.29 is 4.79 Å². The monoisotopic (exact) mass is 168 g/mol. The van der Waals surface area contributed by atoms with E-state index in [0.717, 1.165) is 25.7 Å². The van der Waals surface area contributed by atoms with Gasteiger partial charge in [0.15, 0.2) is 0 Å². The number of allylic oxidation sites excluding steroid dienone is 2. The first kappa shape index (κ1) is 7.41. The molecule has 0 saturated heterocycles. The highest BCUT2D eigenvalue weighted by Gasteiger charge is 2.44. The van der Waals surface area contributed by atoms with Crippen molar-refractivity contribution in [3.63, 3.8) is 0 Å². The lowest BCUT2D eigenvalue weighted by Crippen LogP contribution is -2.27. The van der Waals surface area contributed by atoms with Gasteiger partial charge < -0.3 is 0 Å². The Kier molecular flexibility index (Phi) is 1.60. The number of rotatable bonds is 2. The van der Waals surface area contributed by atoms with Crippen molar-refractivity contribution in [3.05, 3.63) is 11.6 Å². The van der Waals surface area contributed by atoms with Crippen molar-refractivity contribution in [2.75, 3.05) is 5.75 Å². The molecule has 0 radical (unpaired) electrons. The van der Waals surface area contributed by atoms with E-state index < -0.39 is 0 Å². The second-order valence-electron chi connectivity index (χ2n) is 3.60. The molecule has 1 unspecified atom stereocenters. The molecule has 11 heavy (non-hydrogen) atoms. The number of hydrogen-bond acceptors (Lipinski definition) is 2. The van der Waals surface area contributed by atoms with Gasteiger partial charge in [-0.25, -0.2) is 0 Å². The first-order valence-electron chi connectivity index (χ1n) is 4.09. The molecule has 0 aromatic rings. The Hall–Kier alpha value is -0.240. The van der Waals surface area contributed by atoms with Crippen LogP contribution in [0.4, 0.5) is 0 Å². The third-order valence-electron chi connectivity index (χ3n) is 3.01. The van der Waals surface area contributed by atoms with Crippen LogP contribution in [0, 0.1) is 5.41 Å². The van der Waals surface area contributed by atoms with Gasteiger partial charge in [0.1, 0.15) is 5.78 Å². The van der Waals surface area contributed by atoms with Crippen LogP contribution < -0.4 is 0 Å². The number of thiol groups is 1. The standard InChI is InChI=1S/C9H12OS/c10-8(6-11)9-3-1-7(5-9)2-4-9/h1,11H,2-6H2. The van der Waals surface area contributed by atoms with Crippen LogP contribution in [0.15, 0.2) is 11.6 Å². The topological polar surface area (TPSA) is 17.1 Å². The third kappa shape index (κ3) is 0.959. The van der Waals surface area contributed by atoms with Gasteiger partial charge in [0, 0.05) is 11.2 Å². The summed E-state index contributed by atoms with van der Waals surface area (Å²) in [6.07, 6.45) is 6.50. The van der Waals surface area contributed by atoms with Crippen LogP contribution in [0.1, 0.15) is 25.7 Å². The minimum absolute atomic E-state index is 0.0110. The Balaban J connectivity index is 2.20. The van der Waals surface area contributed by atoms with E-state index in [9.17, 15) is 4.79 Å². The highest BCUT2D eigenvalue weighted by molar-refractivity contribution is 7.81. The molecule has 2 heteroatoms. The molecule has 0 heterocycles. The van der Waals surface area contributed by atoms with Gasteiger partial charge in [-0.05, 0) is 25.7 Å². The predicted octanol–water partition coefficient (Wildman–Crippen LogP) is 1.99. The fourth-order valence-corrected chi connectivity index (χ4v) is 2.55. The number of carbonyl (C=O) groups is 1. The van der Waals surface area contributed by atoms with Crippen molar-refractivity contribution >= 4 is 18.4 Å². The molecule has 1 nitrogen and oxygen atoms in total. The summed E-state index contributed by atoms with van der Waals surface area (Å²) in [5.41, 5.74) is 1.51. The zero-order valence-corrected chi connectivity index (χ0v) is 7.36. The van der Waals surface area contributed by atoms with Crippen LogP contribution in [0.3, 0.4) is 0 Å². The van der Waals surface area contributed by atoms with E-state index >= 15 is 0 Å². The molecule has 2 aliphatic carbocycles. The van der Waals surface area contributed by atoms with Crippen molar-refractivity contribution in [2.24, 2.45) is 5.41 Å². The number of Topliss-reactive ketones (excluding diaryl/α,β-unsaturated/α-hetero) is 1. The van der Waals surface area contributed by atoms with Crippen LogP contribution in [0.5, 0.6) is 0 Å². The zero-order chi connectivity index (χ0) is 7.90. The summed E-state index contributed by atoms with van der Waals surface area (Å²) in [4.78, 5) is 11.5. The summed E-state index contributed by atoms with van der Waals surface area (Å²) in [6, 6.07) is 0. The average molecular weight is 168 g/mol. The molecule has 2 rings (SSSR count). The average Bonchev–Trinajstić information content (AvgIpc) is 2.62. The molecule has 60 valence electrons. The van der Waals surface area contributed by atoms with E-state index in [0.29, 0.717) is 11.5 Å². The fourth-order valence-electron chi connectivity index (χ4n) is 2.22. The van der Waals surface area contributed by atoms with Gasteiger partial charge in [0.2, 0.25) is 0 Å². The number of carbonyl (C=O) groups excluding carboxylic acids is 1. The SMILES string of the molecule is O=C(CS)C12CC=C(CC1)C2. The first-order valence-corrected chi connectivity index (χ1v) is 4.72. The minimum Gasteiger partial charge on any atom is -0.298 e. The quantitative estimate of drug-likeness (QED) is 0.493. The van der Waals surface area contributed by atoms with E-state index in [1.54, 1.807) is 0 Å². The largest absolute Gasteiger partial charge is 0.298 e. The van der Waals surface area contributed by atoms with Crippen molar-refractivity contribution in [3.8, 4) is 0 Å². The van der Waals surface area contributed by atoms with Gasteiger partial charge in [-0.15, -0.1) is 0 Å². The van der Waals surface area contributed by atoms with Gasteiger partial charge in [0.05, 0.1) is 0 Å². The van der Waals surface area contributed by atoms with Gasteiger partial charge in [-0.2, -0.15) is 12.6 Å². The summed E-state index contributed by atoms with van der Waals surface area (Å²) in [5, 5.41) is 0. The lowest BCUT2D eigenvalue weighted by Gasteiger charge is -2.22. The summed E-state index contributed by atoms with van der Waals surface area (Å²) in [5.74, 6) is 0.769. The molecule has 0 amide bonds. The van der Waals surface area contributed by atoms with E-state index in [-0.39, 0.29) is 5.41 Å². The maximum atomic E-state index is 11.5. The molecule has 1 atom stereocenters. The highest BCUT2D eigenvalue weighted by atomic mass is 32.1. The van der Waals surface area contributed by atoms with Gasteiger partial charge in [-0.3, -0.25) is 4.79 Å². The molecular weight excluding hydrogens is 156 g/mol.